The fourth-order valence-electron chi connectivity index (χ4n) is 2.00. The number of nitrogens with one attached hydrogen (secondary N) is 2. The van der Waals surface area contributed by atoms with Gasteiger partial charge in [0.2, 0.25) is 15.9 Å². The number of aryl methyl sites for hydroxylation is 2. The largest absolute Gasteiger partial charge is 0.467 e. The molecular weight excluding hydrogens is 304 g/mol. The molecule has 2 N–H and O–H groups in total. The third-order valence-electron chi connectivity index (χ3n) is 3.08. The summed E-state index contributed by atoms with van der Waals surface area (Å²) in [5, 5.41) is 2.57. The molecule has 0 aliphatic rings. The van der Waals surface area contributed by atoms with E-state index < -0.39 is 15.9 Å². The summed E-state index contributed by atoms with van der Waals surface area (Å²) >= 11 is 0. The summed E-state index contributed by atoms with van der Waals surface area (Å²) in [7, 11) is -3.71. The lowest BCUT2D eigenvalue weighted by Gasteiger charge is -2.10. The van der Waals surface area contributed by atoms with Crippen LogP contribution in [-0.4, -0.2) is 20.9 Å². The minimum absolute atomic E-state index is 0.178. The van der Waals surface area contributed by atoms with Crippen LogP contribution in [-0.2, 0) is 21.4 Å². The van der Waals surface area contributed by atoms with Crippen molar-refractivity contribution in [1.82, 2.24) is 10.0 Å². The first-order chi connectivity index (χ1) is 10.4. The Morgan fingerprint density at radius 3 is 2.64 bits per heavy atom. The molecule has 1 heterocycles. The molecule has 118 valence electrons. The first-order valence-corrected chi connectivity index (χ1v) is 8.23. The number of benzene rings is 1. The molecule has 1 amide bonds. The fourth-order valence-corrected chi connectivity index (χ4v) is 3.21. The van der Waals surface area contributed by atoms with E-state index in [4.69, 9.17) is 4.42 Å². The number of furan rings is 1. The zero-order valence-electron chi connectivity index (χ0n) is 12.4. The van der Waals surface area contributed by atoms with Crippen LogP contribution in [0.5, 0.6) is 0 Å². The van der Waals surface area contributed by atoms with Gasteiger partial charge in [0, 0.05) is 0 Å². The molecule has 6 nitrogen and oxygen atoms in total. The minimum atomic E-state index is -3.71. The van der Waals surface area contributed by atoms with Gasteiger partial charge in [-0.3, -0.25) is 4.79 Å². The van der Waals surface area contributed by atoms with Gasteiger partial charge in [0.15, 0.2) is 0 Å². The molecule has 0 bridgehead atoms. The molecule has 0 fully saturated rings. The quantitative estimate of drug-likeness (QED) is 0.843. The number of rotatable bonds is 6. The molecule has 0 aliphatic carbocycles. The molecular formula is C15H18N2O4S. The van der Waals surface area contributed by atoms with Crippen LogP contribution in [0.25, 0.3) is 0 Å². The zero-order valence-corrected chi connectivity index (χ0v) is 13.2. The molecule has 22 heavy (non-hydrogen) atoms. The molecule has 7 heteroatoms. The number of amides is 1. The highest BCUT2D eigenvalue weighted by Gasteiger charge is 2.17. The molecule has 0 saturated carbocycles. The summed E-state index contributed by atoms with van der Waals surface area (Å²) in [4.78, 5) is 11.9. The maximum absolute atomic E-state index is 12.2. The second-order valence-electron chi connectivity index (χ2n) is 4.95. The lowest BCUT2D eigenvalue weighted by molar-refractivity contribution is -0.120. The van der Waals surface area contributed by atoms with E-state index in [0.29, 0.717) is 11.3 Å². The van der Waals surface area contributed by atoms with Gasteiger partial charge in [0.1, 0.15) is 5.76 Å². The lowest BCUT2D eigenvalue weighted by atomic mass is 10.2. The maximum atomic E-state index is 12.2. The van der Waals surface area contributed by atoms with Gasteiger partial charge < -0.3 is 9.73 Å². The second kappa shape index (κ2) is 6.76. The van der Waals surface area contributed by atoms with Gasteiger partial charge in [-0.25, -0.2) is 13.1 Å². The Morgan fingerprint density at radius 2 is 2.00 bits per heavy atom. The molecule has 0 aliphatic heterocycles. The zero-order chi connectivity index (χ0) is 16.2. The van der Waals surface area contributed by atoms with Crippen LogP contribution in [0, 0.1) is 13.8 Å². The monoisotopic (exact) mass is 322 g/mol. The van der Waals surface area contributed by atoms with Gasteiger partial charge in [0.25, 0.3) is 0 Å². The van der Waals surface area contributed by atoms with Crippen LogP contribution in [0.2, 0.25) is 0 Å². The summed E-state index contributed by atoms with van der Waals surface area (Å²) in [5.74, 6) is 0.176. The van der Waals surface area contributed by atoms with Gasteiger partial charge in [-0.05, 0) is 37.6 Å². The third kappa shape index (κ3) is 4.19. The van der Waals surface area contributed by atoms with Crippen LogP contribution in [0.4, 0.5) is 0 Å². The molecule has 0 unspecified atom stereocenters. The highest BCUT2D eigenvalue weighted by Crippen LogP contribution is 2.15. The van der Waals surface area contributed by atoms with Crippen molar-refractivity contribution >= 4 is 15.9 Å². The average Bonchev–Trinajstić information content (AvgIpc) is 2.96. The van der Waals surface area contributed by atoms with Gasteiger partial charge >= 0.3 is 0 Å². The Hall–Kier alpha value is -2.12. The standard InChI is InChI=1S/C15H18N2O4S/c1-11-5-6-14(12(2)8-11)22(19,20)17-10-15(18)16-9-13-4-3-7-21-13/h3-8,17H,9-10H2,1-2H3,(H,16,18). The van der Waals surface area contributed by atoms with Crippen molar-refractivity contribution in [3.63, 3.8) is 0 Å². The minimum Gasteiger partial charge on any atom is -0.467 e. The van der Waals surface area contributed by atoms with E-state index >= 15 is 0 Å². The molecule has 0 spiro atoms. The van der Waals surface area contributed by atoms with Crippen molar-refractivity contribution in [1.29, 1.82) is 0 Å². The molecule has 2 aromatic rings. The second-order valence-corrected chi connectivity index (χ2v) is 6.68. The Bertz CT molecular complexity index is 752. The predicted molar refractivity (Wildman–Crippen MR) is 81.7 cm³/mol. The number of carbonyl (C=O) groups is 1. The van der Waals surface area contributed by atoms with E-state index in [-0.39, 0.29) is 18.0 Å². The van der Waals surface area contributed by atoms with Crippen LogP contribution < -0.4 is 10.0 Å². The summed E-state index contributed by atoms with van der Waals surface area (Å²) in [6, 6.07) is 8.47. The van der Waals surface area contributed by atoms with Crippen molar-refractivity contribution in [2.24, 2.45) is 0 Å². The normalized spacial score (nSPS) is 11.4. The molecule has 0 radical (unpaired) electrons. The van der Waals surface area contributed by atoms with Gasteiger partial charge in [-0.1, -0.05) is 17.7 Å². The van der Waals surface area contributed by atoms with Crippen molar-refractivity contribution in [2.75, 3.05) is 6.54 Å². The van der Waals surface area contributed by atoms with E-state index in [0.717, 1.165) is 5.56 Å². The van der Waals surface area contributed by atoms with Crippen LogP contribution >= 0.6 is 0 Å². The summed E-state index contributed by atoms with van der Waals surface area (Å²) in [6.45, 7) is 3.50. The van der Waals surface area contributed by atoms with E-state index in [2.05, 4.69) is 10.0 Å². The van der Waals surface area contributed by atoms with E-state index in [1.165, 1.54) is 12.3 Å². The lowest BCUT2D eigenvalue weighted by Crippen LogP contribution is -2.36. The van der Waals surface area contributed by atoms with Crippen LogP contribution in [0.3, 0.4) is 0 Å². The van der Waals surface area contributed by atoms with Crippen molar-refractivity contribution in [3.05, 3.63) is 53.5 Å². The van der Waals surface area contributed by atoms with Crippen molar-refractivity contribution < 1.29 is 17.6 Å². The van der Waals surface area contributed by atoms with E-state index in [9.17, 15) is 13.2 Å². The first-order valence-electron chi connectivity index (χ1n) is 6.74. The van der Waals surface area contributed by atoms with Crippen LogP contribution in [0.15, 0.2) is 45.9 Å². The molecule has 2 rings (SSSR count). The summed E-state index contributed by atoms with van der Waals surface area (Å²) in [5.41, 5.74) is 1.62. The molecule has 0 saturated heterocycles. The Morgan fingerprint density at radius 1 is 1.23 bits per heavy atom. The number of hydrogen-bond acceptors (Lipinski definition) is 4. The maximum Gasteiger partial charge on any atom is 0.241 e. The number of sulfonamides is 1. The summed E-state index contributed by atoms with van der Waals surface area (Å²) in [6.07, 6.45) is 1.50. The Labute approximate surface area is 129 Å². The van der Waals surface area contributed by atoms with Gasteiger partial charge in [-0.15, -0.1) is 0 Å². The molecule has 1 aromatic carbocycles. The average molecular weight is 322 g/mol. The van der Waals surface area contributed by atoms with E-state index in [1.807, 2.05) is 6.92 Å². The smallest absolute Gasteiger partial charge is 0.241 e. The molecule has 1 aromatic heterocycles. The molecule has 0 atom stereocenters. The Kier molecular flexibility index (Phi) is 4.99. The number of hydrogen-bond donors (Lipinski definition) is 2. The Balaban J connectivity index is 1.93. The van der Waals surface area contributed by atoms with Crippen molar-refractivity contribution in [2.45, 2.75) is 25.3 Å². The van der Waals surface area contributed by atoms with Gasteiger partial charge in [-0.2, -0.15) is 0 Å². The number of carbonyl (C=O) groups excluding carboxylic acids is 1. The SMILES string of the molecule is Cc1ccc(S(=O)(=O)NCC(=O)NCc2ccco2)c(C)c1. The first kappa shape index (κ1) is 16.3. The van der Waals surface area contributed by atoms with E-state index in [1.54, 1.807) is 31.2 Å². The highest BCUT2D eigenvalue weighted by molar-refractivity contribution is 7.89. The van der Waals surface area contributed by atoms with Crippen LogP contribution in [0.1, 0.15) is 16.9 Å². The van der Waals surface area contributed by atoms with Gasteiger partial charge in [0.05, 0.1) is 24.2 Å². The predicted octanol–water partition coefficient (Wildman–Crippen LogP) is 1.49. The fraction of sp³-hybridized carbons (Fsp3) is 0.267. The highest BCUT2D eigenvalue weighted by atomic mass is 32.2. The summed E-state index contributed by atoms with van der Waals surface area (Å²) < 4.78 is 31.8. The topological polar surface area (TPSA) is 88.4 Å². The third-order valence-corrected chi connectivity index (χ3v) is 4.64. The van der Waals surface area contributed by atoms with Crippen molar-refractivity contribution in [3.8, 4) is 0 Å².